The van der Waals surface area contributed by atoms with Gasteiger partial charge < -0.3 is 10.1 Å². The van der Waals surface area contributed by atoms with Crippen LogP contribution in [0.15, 0.2) is 21.5 Å². The fourth-order valence-electron chi connectivity index (χ4n) is 1.90. The van der Waals surface area contributed by atoms with Gasteiger partial charge in [-0.15, -0.1) is 0 Å². The Morgan fingerprint density at radius 3 is 2.67 bits per heavy atom. The van der Waals surface area contributed by atoms with Gasteiger partial charge in [0.2, 0.25) is 10.0 Å². The molecule has 0 saturated carbocycles. The van der Waals surface area contributed by atoms with Gasteiger partial charge in [0.1, 0.15) is 0 Å². The maximum absolute atomic E-state index is 12.4. The Labute approximate surface area is 135 Å². The molecule has 0 saturated heterocycles. The maximum Gasteiger partial charge on any atom is 0.240 e. The topological polar surface area (TPSA) is 67.4 Å². The average molecular weight is 379 g/mol. The van der Waals surface area contributed by atoms with E-state index in [1.54, 1.807) is 13.0 Å². The van der Waals surface area contributed by atoms with Gasteiger partial charge in [0.25, 0.3) is 0 Å². The summed E-state index contributed by atoms with van der Waals surface area (Å²) in [6.07, 6.45) is 0.656. The van der Waals surface area contributed by atoms with Crippen LogP contribution in [0, 0.1) is 6.92 Å². The highest BCUT2D eigenvalue weighted by atomic mass is 79.9. The van der Waals surface area contributed by atoms with Crippen LogP contribution in [0.1, 0.15) is 24.5 Å². The molecule has 2 N–H and O–H groups in total. The van der Waals surface area contributed by atoms with Gasteiger partial charge in [0.05, 0.1) is 4.90 Å². The molecule has 1 aromatic rings. The lowest BCUT2D eigenvalue weighted by Gasteiger charge is -2.13. The fourth-order valence-corrected chi connectivity index (χ4v) is 3.92. The van der Waals surface area contributed by atoms with Crippen molar-refractivity contribution < 1.29 is 13.2 Å². The largest absolute Gasteiger partial charge is 0.382 e. The zero-order chi connectivity index (χ0) is 15.9. The van der Waals surface area contributed by atoms with Crippen molar-refractivity contribution in [1.82, 2.24) is 10.0 Å². The minimum atomic E-state index is -3.50. The number of rotatable bonds is 9. The Bertz CT molecular complexity index is 562. The number of hydrogen-bond donors (Lipinski definition) is 2. The van der Waals surface area contributed by atoms with Gasteiger partial charge in [-0.2, -0.15) is 0 Å². The summed E-state index contributed by atoms with van der Waals surface area (Å²) in [5, 5.41) is 3.02. The Kier molecular flexibility index (Phi) is 7.83. The van der Waals surface area contributed by atoms with Gasteiger partial charge in [-0.1, -0.05) is 15.9 Å². The molecule has 1 aromatic carbocycles. The molecule has 0 aliphatic carbocycles. The van der Waals surface area contributed by atoms with E-state index in [0.29, 0.717) is 43.2 Å². The van der Waals surface area contributed by atoms with Crippen molar-refractivity contribution in [2.24, 2.45) is 0 Å². The molecule has 5 nitrogen and oxygen atoms in total. The third kappa shape index (κ3) is 5.67. The Balaban J connectivity index is 2.86. The number of nitrogens with one attached hydrogen (secondary N) is 2. The quantitative estimate of drug-likeness (QED) is 0.646. The monoisotopic (exact) mass is 378 g/mol. The van der Waals surface area contributed by atoms with Gasteiger partial charge in [-0.25, -0.2) is 13.1 Å². The first-order chi connectivity index (χ1) is 9.92. The van der Waals surface area contributed by atoms with Crippen LogP contribution in [-0.4, -0.2) is 35.2 Å². The highest BCUT2D eigenvalue weighted by molar-refractivity contribution is 9.10. The average Bonchev–Trinajstić information content (AvgIpc) is 2.42. The lowest BCUT2D eigenvalue weighted by Crippen LogP contribution is -2.26. The number of halogens is 1. The predicted octanol–water partition coefficient (Wildman–Crippen LogP) is 2.18. The minimum absolute atomic E-state index is 0.318. The molecule has 7 heteroatoms. The van der Waals surface area contributed by atoms with E-state index in [9.17, 15) is 8.42 Å². The van der Waals surface area contributed by atoms with Gasteiger partial charge >= 0.3 is 0 Å². The fraction of sp³-hybridized carbons (Fsp3) is 0.571. The molecule has 0 unspecified atom stereocenters. The molecule has 0 aliphatic rings. The van der Waals surface area contributed by atoms with Gasteiger partial charge in [-0.05, 0) is 50.6 Å². The van der Waals surface area contributed by atoms with Crippen molar-refractivity contribution in [1.29, 1.82) is 0 Å². The molecule has 120 valence electrons. The van der Waals surface area contributed by atoms with Crippen molar-refractivity contribution in [3.8, 4) is 0 Å². The summed E-state index contributed by atoms with van der Waals surface area (Å²) in [7, 11) is -1.68. The third-order valence-electron chi connectivity index (χ3n) is 2.99. The Hall–Kier alpha value is -0.470. The molecule has 0 amide bonds. The molecule has 0 aliphatic heterocycles. The first kappa shape index (κ1) is 18.6. The highest BCUT2D eigenvalue weighted by Crippen LogP contribution is 2.25. The van der Waals surface area contributed by atoms with Crippen LogP contribution < -0.4 is 10.0 Å². The van der Waals surface area contributed by atoms with Crippen LogP contribution >= 0.6 is 15.9 Å². The van der Waals surface area contributed by atoms with E-state index in [1.165, 1.54) is 0 Å². The lowest BCUT2D eigenvalue weighted by molar-refractivity contribution is 0.146. The van der Waals surface area contributed by atoms with Crippen LogP contribution in [0.3, 0.4) is 0 Å². The molecule has 0 atom stereocenters. The minimum Gasteiger partial charge on any atom is -0.382 e. The molecule has 0 aromatic heterocycles. The van der Waals surface area contributed by atoms with Crippen molar-refractivity contribution in [2.45, 2.75) is 31.7 Å². The second kappa shape index (κ2) is 8.85. The zero-order valence-electron chi connectivity index (χ0n) is 12.7. The summed E-state index contributed by atoms with van der Waals surface area (Å²) >= 11 is 3.42. The zero-order valence-corrected chi connectivity index (χ0v) is 15.1. The Morgan fingerprint density at radius 1 is 1.33 bits per heavy atom. The van der Waals surface area contributed by atoms with Crippen LogP contribution in [-0.2, 0) is 21.3 Å². The van der Waals surface area contributed by atoms with Gasteiger partial charge in [0.15, 0.2) is 0 Å². The first-order valence-corrected chi connectivity index (χ1v) is 9.21. The molecule has 0 heterocycles. The molecular weight excluding hydrogens is 356 g/mol. The molecule has 1 rings (SSSR count). The van der Waals surface area contributed by atoms with E-state index in [1.807, 2.05) is 20.0 Å². The van der Waals surface area contributed by atoms with Crippen molar-refractivity contribution in [3.05, 3.63) is 27.7 Å². The third-order valence-corrected chi connectivity index (χ3v) is 5.40. The van der Waals surface area contributed by atoms with Crippen LogP contribution in [0.5, 0.6) is 0 Å². The second-order valence-corrected chi connectivity index (χ2v) is 7.27. The van der Waals surface area contributed by atoms with Crippen molar-refractivity contribution in [3.63, 3.8) is 0 Å². The number of hydrogen-bond acceptors (Lipinski definition) is 4. The van der Waals surface area contributed by atoms with Gasteiger partial charge in [0, 0.05) is 30.8 Å². The number of benzene rings is 1. The lowest BCUT2D eigenvalue weighted by atomic mass is 10.1. The SMILES string of the molecule is CCOCCCNS(=O)(=O)c1cc(CNC)cc(Br)c1C. The first-order valence-electron chi connectivity index (χ1n) is 6.93. The summed E-state index contributed by atoms with van der Waals surface area (Å²) in [6, 6.07) is 3.64. The van der Waals surface area contributed by atoms with Crippen molar-refractivity contribution in [2.75, 3.05) is 26.8 Å². The van der Waals surface area contributed by atoms with E-state index in [2.05, 4.69) is 26.0 Å². The molecule has 0 bridgehead atoms. The molecule has 0 fully saturated rings. The number of ether oxygens (including phenoxy) is 1. The van der Waals surface area contributed by atoms with E-state index < -0.39 is 10.0 Å². The summed E-state index contributed by atoms with van der Waals surface area (Å²) < 4.78 is 33.4. The summed E-state index contributed by atoms with van der Waals surface area (Å²) in [4.78, 5) is 0.318. The van der Waals surface area contributed by atoms with E-state index in [4.69, 9.17) is 4.74 Å². The normalized spacial score (nSPS) is 11.8. The summed E-state index contributed by atoms with van der Waals surface area (Å²) in [6.45, 7) is 5.90. The van der Waals surface area contributed by atoms with Crippen molar-refractivity contribution >= 4 is 26.0 Å². The molecule has 0 radical (unpaired) electrons. The van der Waals surface area contributed by atoms with E-state index in [-0.39, 0.29) is 0 Å². The molecule has 21 heavy (non-hydrogen) atoms. The number of sulfonamides is 1. The second-order valence-electron chi connectivity index (χ2n) is 4.68. The summed E-state index contributed by atoms with van der Waals surface area (Å²) in [5.74, 6) is 0. The smallest absolute Gasteiger partial charge is 0.240 e. The Morgan fingerprint density at radius 2 is 2.05 bits per heavy atom. The maximum atomic E-state index is 12.4. The van der Waals surface area contributed by atoms with Crippen LogP contribution in [0.2, 0.25) is 0 Å². The predicted molar refractivity (Wildman–Crippen MR) is 87.9 cm³/mol. The standard InChI is InChI=1S/C14H23BrN2O3S/c1-4-20-7-5-6-17-21(18,19)14-9-12(10-16-3)8-13(15)11(14)2/h8-9,16-17H,4-7,10H2,1-3H3. The van der Waals surface area contributed by atoms with Gasteiger partial charge in [-0.3, -0.25) is 0 Å². The molecular formula is C14H23BrN2O3S. The molecule has 0 spiro atoms. The summed E-state index contributed by atoms with van der Waals surface area (Å²) in [5.41, 5.74) is 1.64. The van der Waals surface area contributed by atoms with Crippen LogP contribution in [0.25, 0.3) is 0 Å². The van der Waals surface area contributed by atoms with E-state index in [0.717, 1.165) is 10.0 Å². The highest BCUT2D eigenvalue weighted by Gasteiger charge is 2.18. The van der Waals surface area contributed by atoms with Crippen LogP contribution in [0.4, 0.5) is 0 Å². The van der Waals surface area contributed by atoms with E-state index >= 15 is 0 Å².